The zero-order valence-corrected chi connectivity index (χ0v) is 41.0. The minimum atomic E-state index is -1.57. The monoisotopic (exact) mass is 910 g/mol. The van der Waals surface area contributed by atoms with Crippen LogP contribution in [-0.4, -0.2) is 87.5 Å². The molecule has 1 heterocycles. The van der Waals surface area contributed by atoms with Crippen LogP contribution in [0.5, 0.6) is 0 Å². The van der Waals surface area contributed by atoms with E-state index in [2.05, 4.69) is 116 Å². The molecule has 0 radical (unpaired) electrons. The van der Waals surface area contributed by atoms with Gasteiger partial charge < -0.3 is 40.3 Å². The van der Waals surface area contributed by atoms with Crippen LogP contribution < -0.4 is 5.32 Å². The van der Waals surface area contributed by atoms with Gasteiger partial charge in [0.05, 0.1) is 25.4 Å². The molecule has 1 fully saturated rings. The van der Waals surface area contributed by atoms with E-state index in [4.69, 9.17) is 9.47 Å². The highest BCUT2D eigenvalue weighted by Crippen LogP contribution is 2.23. The second kappa shape index (κ2) is 44.9. The van der Waals surface area contributed by atoms with Gasteiger partial charge in [0.15, 0.2) is 6.29 Å². The quantitative estimate of drug-likeness (QED) is 0.0262. The van der Waals surface area contributed by atoms with Gasteiger partial charge in [0.25, 0.3) is 0 Å². The van der Waals surface area contributed by atoms with Crippen LogP contribution in [0.3, 0.4) is 0 Å². The Kier molecular flexibility index (Phi) is 41.6. The van der Waals surface area contributed by atoms with Crippen molar-refractivity contribution < 1.29 is 39.8 Å². The third-order valence-corrected chi connectivity index (χ3v) is 11.7. The second-order valence-corrected chi connectivity index (χ2v) is 17.6. The number of rotatable bonds is 42. The maximum Gasteiger partial charge on any atom is 0.220 e. The predicted octanol–water partition coefficient (Wildman–Crippen LogP) is 12.1. The lowest BCUT2D eigenvalue weighted by atomic mass is 9.99. The van der Waals surface area contributed by atoms with Crippen LogP contribution in [0.4, 0.5) is 0 Å². The fourth-order valence-corrected chi connectivity index (χ4v) is 7.59. The molecule has 0 aliphatic carbocycles. The SMILES string of the molecule is CC/C=C\C/C=C\C/C=C\C/C=C\C/C=C\C/C=C\C/C=C\C/C=C\CCCCC(=O)NC(COC1OC(CO)C(O)C(O)C1O)C(O)CCCCCCCCCCCCCCCCC. The van der Waals surface area contributed by atoms with Crippen molar-refractivity contribution in [1.29, 1.82) is 0 Å². The molecule has 9 nitrogen and oxygen atoms in total. The predicted molar refractivity (Wildman–Crippen MR) is 271 cm³/mol. The van der Waals surface area contributed by atoms with Crippen molar-refractivity contribution in [2.75, 3.05) is 13.2 Å². The number of nitrogens with one attached hydrogen (secondary N) is 1. The number of carbonyl (C=O) groups is 1. The van der Waals surface area contributed by atoms with Crippen molar-refractivity contribution in [1.82, 2.24) is 5.32 Å². The molecule has 1 amide bonds. The van der Waals surface area contributed by atoms with Crippen molar-refractivity contribution >= 4 is 5.91 Å². The second-order valence-electron chi connectivity index (χ2n) is 17.6. The van der Waals surface area contributed by atoms with E-state index >= 15 is 0 Å². The van der Waals surface area contributed by atoms with Gasteiger partial charge in [-0.25, -0.2) is 0 Å². The first kappa shape index (κ1) is 60.1. The summed E-state index contributed by atoms with van der Waals surface area (Å²) in [7, 11) is 0. The third kappa shape index (κ3) is 35.0. The lowest BCUT2D eigenvalue weighted by molar-refractivity contribution is -0.302. The van der Waals surface area contributed by atoms with E-state index in [1.807, 2.05) is 0 Å². The third-order valence-electron chi connectivity index (χ3n) is 11.7. The van der Waals surface area contributed by atoms with Crippen LogP contribution >= 0.6 is 0 Å². The maximum atomic E-state index is 13.0. The first-order chi connectivity index (χ1) is 31.8. The summed E-state index contributed by atoms with van der Waals surface area (Å²) < 4.78 is 11.3. The Morgan fingerprint density at radius 1 is 0.538 bits per heavy atom. The van der Waals surface area contributed by atoms with Gasteiger partial charge >= 0.3 is 0 Å². The lowest BCUT2D eigenvalue weighted by Crippen LogP contribution is -2.60. The highest BCUT2D eigenvalue weighted by Gasteiger charge is 2.44. The molecule has 1 aliphatic rings. The molecule has 1 aliphatic heterocycles. The summed E-state index contributed by atoms with van der Waals surface area (Å²) in [5.41, 5.74) is 0. The molecule has 0 aromatic carbocycles. The molecule has 1 rings (SSSR count). The van der Waals surface area contributed by atoms with Crippen molar-refractivity contribution in [2.24, 2.45) is 0 Å². The summed E-state index contributed by atoms with van der Waals surface area (Å²) in [6, 6.07) is -0.749. The average Bonchev–Trinajstić information content (AvgIpc) is 3.31. The molecular formula is C56H95NO8. The fourth-order valence-electron chi connectivity index (χ4n) is 7.59. The van der Waals surface area contributed by atoms with Crippen molar-refractivity contribution in [3.05, 3.63) is 97.2 Å². The summed E-state index contributed by atoms with van der Waals surface area (Å²) in [6.07, 6.45) is 57.0. The minimum Gasteiger partial charge on any atom is -0.394 e. The van der Waals surface area contributed by atoms with Gasteiger partial charge in [-0.05, 0) is 77.0 Å². The largest absolute Gasteiger partial charge is 0.394 e. The number of amides is 1. The number of hydrogen-bond acceptors (Lipinski definition) is 8. The van der Waals surface area contributed by atoms with Crippen molar-refractivity contribution in [2.45, 2.75) is 236 Å². The summed E-state index contributed by atoms with van der Waals surface area (Å²) in [5, 5.41) is 54.5. The number of unbranched alkanes of at least 4 members (excludes halogenated alkanes) is 16. The van der Waals surface area contributed by atoms with Gasteiger partial charge in [-0.2, -0.15) is 0 Å². The number of allylic oxidation sites excluding steroid dienone is 16. The van der Waals surface area contributed by atoms with Crippen LogP contribution in [0.2, 0.25) is 0 Å². The number of ether oxygens (including phenoxy) is 2. The van der Waals surface area contributed by atoms with E-state index in [0.717, 1.165) is 83.5 Å². The summed E-state index contributed by atoms with van der Waals surface area (Å²) in [5.74, 6) is -0.191. The topological polar surface area (TPSA) is 149 Å². The Morgan fingerprint density at radius 3 is 1.38 bits per heavy atom. The van der Waals surface area contributed by atoms with Gasteiger partial charge in [0.1, 0.15) is 24.4 Å². The zero-order valence-electron chi connectivity index (χ0n) is 41.0. The van der Waals surface area contributed by atoms with Crippen LogP contribution in [0.1, 0.15) is 194 Å². The van der Waals surface area contributed by atoms with E-state index < -0.39 is 49.5 Å². The highest BCUT2D eigenvalue weighted by atomic mass is 16.7. The van der Waals surface area contributed by atoms with Gasteiger partial charge in [-0.15, -0.1) is 0 Å². The van der Waals surface area contributed by atoms with E-state index in [0.29, 0.717) is 19.3 Å². The number of hydrogen-bond donors (Lipinski definition) is 6. The molecule has 1 saturated heterocycles. The maximum absolute atomic E-state index is 13.0. The standard InChI is InChI=1S/C56H95NO8/c1-3-5-7-9-11-13-15-17-19-20-21-22-23-24-25-26-27-28-29-30-32-34-36-38-40-42-44-46-52(60)57-49(48-64-56-55(63)54(62)53(61)51(47-58)65-56)50(59)45-43-41-39-37-35-33-31-18-16-14-12-10-8-6-4-2/h5,7,11,13,17,19,21-22,24-25,27-28,30,32,36,38,49-51,53-56,58-59,61-63H,3-4,6,8-10,12,14-16,18,20,23,26,29,31,33-35,37,39-48H2,1-2H3,(H,57,60)/b7-5-,13-11-,19-17-,22-21-,25-24-,28-27-,32-30-,38-36-. The van der Waals surface area contributed by atoms with Crippen LogP contribution in [0.25, 0.3) is 0 Å². The smallest absolute Gasteiger partial charge is 0.220 e. The Bertz CT molecular complexity index is 1330. The van der Waals surface area contributed by atoms with E-state index in [1.165, 1.54) is 77.0 Å². The normalized spacial score (nSPS) is 20.8. The lowest BCUT2D eigenvalue weighted by Gasteiger charge is -2.40. The van der Waals surface area contributed by atoms with Crippen LogP contribution in [0.15, 0.2) is 97.2 Å². The number of carbonyl (C=O) groups excluding carboxylic acids is 1. The van der Waals surface area contributed by atoms with Gasteiger partial charge in [-0.3, -0.25) is 4.79 Å². The molecule has 6 N–H and O–H groups in total. The van der Waals surface area contributed by atoms with Gasteiger partial charge in [-0.1, -0.05) is 207 Å². The molecule has 372 valence electrons. The van der Waals surface area contributed by atoms with Gasteiger partial charge in [0, 0.05) is 6.42 Å². The number of aliphatic hydroxyl groups is 5. The molecule has 65 heavy (non-hydrogen) atoms. The van der Waals surface area contributed by atoms with Gasteiger partial charge in [0.2, 0.25) is 5.91 Å². The van der Waals surface area contributed by atoms with Crippen molar-refractivity contribution in [3.63, 3.8) is 0 Å². The molecule has 0 saturated carbocycles. The Labute approximate surface area is 396 Å². The van der Waals surface area contributed by atoms with Crippen LogP contribution in [0, 0.1) is 0 Å². The molecule has 0 aromatic heterocycles. The molecular weight excluding hydrogens is 815 g/mol. The summed E-state index contributed by atoms with van der Waals surface area (Å²) in [4.78, 5) is 13.0. The van der Waals surface area contributed by atoms with E-state index in [-0.39, 0.29) is 12.5 Å². The zero-order chi connectivity index (χ0) is 47.3. The molecule has 9 heteroatoms. The molecule has 0 bridgehead atoms. The molecule has 7 atom stereocenters. The van der Waals surface area contributed by atoms with Crippen molar-refractivity contribution in [3.8, 4) is 0 Å². The van der Waals surface area contributed by atoms with E-state index in [1.54, 1.807) is 0 Å². The summed E-state index contributed by atoms with van der Waals surface area (Å²) in [6.45, 7) is 3.68. The summed E-state index contributed by atoms with van der Waals surface area (Å²) >= 11 is 0. The van der Waals surface area contributed by atoms with Crippen LogP contribution in [-0.2, 0) is 14.3 Å². The minimum absolute atomic E-state index is 0.162. The first-order valence-electron chi connectivity index (χ1n) is 25.9. The first-order valence-corrected chi connectivity index (χ1v) is 25.9. The molecule has 0 spiro atoms. The van der Waals surface area contributed by atoms with E-state index in [9.17, 15) is 30.3 Å². The highest BCUT2D eigenvalue weighted by molar-refractivity contribution is 5.76. The molecule has 7 unspecified atom stereocenters. The number of aliphatic hydroxyl groups excluding tert-OH is 5. The molecule has 0 aromatic rings. The Balaban J connectivity index is 2.31. The fraction of sp³-hybridized carbons (Fsp3) is 0.696. The Hall–Kier alpha value is -2.89. The Morgan fingerprint density at radius 2 is 0.954 bits per heavy atom. The average molecular weight is 910 g/mol.